The lowest BCUT2D eigenvalue weighted by molar-refractivity contribution is 1.08. The molecule has 126 valence electrons. The third kappa shape index (κ3) is 3.72. The molecule has 3 heterocycles. The molecule has 5 heteroatoms. The van der Waals surface area contributed by atoms with E-state index in [9.17, 15) is 0 Å². The van der Waals surface area contributed by atoms with Gasteiger partial charge < -0.3 is 5.32 Å². The molecule has 0 fully saturated rings. The average molecular weight is 339 g/mol. The summed E-state index contributed by atoms with van der Waals surface area (Å²) in [7, 11) is 0. The number of hydrogen-bond acceptors (Lipinski definition) is 5. The molecule has 0 aliphatic rings. The maximum absolute atomic E-state index is 4.69. The first kappa shape index (κ1) is 15.9. The minimum Gasteiger partial charge on any atom is -0.366 e. The molecule has 0 amide bonds. The van der Waals surface area contributed by atoms with Crippen LogP contribution in [-0.2, 0) is 6.54 Å². The number of rotatable bonds is 5. The lowest BCUT2D eigenvalue weighted by Crippen LogP contribution is -2.04. The van der Waals surface area contributed by atoms with Crippen LogP contribution >= 0.6 is 0 Å². The largest absolute Gasteiger partial charge is 0.366 e. The molecule has 0 atom stereocenters. The summed E-state index contributed by atoms with van der Waals surface area (Å²) in [5, 5.41) is 3.39. The van der Waals surface area contributed by atoms with E-state index in [1.807, 2.05) is 54.6 Å². The Morgan fingerprint density at radius 2 is 1.54 bits per heavy atom. The number of nitrogens with zero attached hydrogens (tertiary/aromatic N) is 4. The first-order chi connectivity index (χ1) is 12.9. The fourth-order valence-electron chi connectivity index (χ4n) is 2.61. The third-order valence-electron chi connectivity index (χ3n) is 3.91. The van der Waals surface area contributed by atoms with Gasteiger partial charge in [0.05, 0.1) is 5.69 Å². The Morgan fingerprint density at radius 1 is 0.731 bits per heavy atom. The quantitative estimate of drug-likeness (QED) is 0.590. The van der Waals surface area contributed by atoms with Gasteiger partial charge >= 0.3 is 0 Å². The predicted molar refractivity (Wildman–Crippen MR) is 102 cm³/mol. The molecule has 3 aromatic heterocycles. The molecule has 0 radical (unpaired) electrons. The van der Waals surface area contributed by atoms with Gasteiger partial charge in [0, 0.05) is 36.8 Å². The standard InChI is InChI=1S/C21H17N5/c1-2-6-16(7-3-1)15-24-20-14-19(17-9-12-22-13-10-17)25-21(26-20)18-8-4-5-11-23-18/h1-14H,15H2,(H,24,25,26). The number of benzene rings is 1. The highest BCUT2D eigenvalue weighted by molar-refractivity contribution is 5.65. The maximum atomic E-state index is 4.69. The second-order valence-electron chi connectivity index (χ2n) is 5.75. The van der Waals surface area contributed by atoms with E-state index < -0.39 is 0 Å². The van der Waals surface area contributed by atoms with E-state index in [-0.39, 0.29) is 0 Å². The SMILES string of the molecule is c1ccc(CNc2cc(-c3ccncc3)nc(-c3ccccn3)n2)cc1. The van der Waals surface area contributed by atoms with Crippen LogP contribution in [0.2, 0.25) is 0 Å². The smallest absolute Gasteiger partial charge is 0.180 e. The molecule has 0 unspecified atom stereocenters. The van der Waals surface area contributed by atoms with Crippen LogP contribution in [0.4, 0.5) is 5.82 Å². The van der Waals surface area contributed by atoms with Crippen LogP contribution in [0.25, 0.3) is 22.8 Å². The first-order valence-electron chi connectivity index (χ1n) is 8.37. The van der Waals surface area contributed by atoms with Crippen LogP contribution in [-0.4, -0.2) is 19.9 Å². The van der Waals surface area contributed by atoms with E-state index in [1.54, 1.807) is 18.6 Å². The summed E-state index contributed by atoms with van der Waals surface area (Å²) in [6.07, 6.45) is 5.26. The van der Waals surface area contributed by atoms with E-state index in [0.717, 1.165) is 22.8 Å². The van der Waals surface area contributed by atoms with Gasteiger partial charge in [-0.25, -0.2) is 9.97 Å². The Balaban J connectivity index is 1.70. The highest BCUT2D eigenvalue weighted by Gasteiger charge is 2.09. The van der Waals surface area contributed by atoms with Crippen molar-refractivity contribution in [3.8, 4) is 22.8 Å². The lowest BCUT2D eigenvalue weighted by atomic mass is 10.2. The summed E-state index contributed by atoms with van der Waals surface area (Å²) in [4.78, 5) is 17.8. The van der Waals surface area contributed by atoms with Gasteiger partial charge in [-0.3, -0.25) is 9.97 Å². The molecule has 0 bridgehead atoms. The number of anilines is 1. The number of pyridine rings is 2. The summed E-state index contributed by atoms with van der Waals surface area (Å²) in [5.41, 5.74) is 3.75. The van der Waals surface area contributed by atoms with Gasteiger partial charge in [0.25, 0.3) is 0 Å². The zero-order valence-electron chi connectivity index (χ0n) is 14.1. The van der Waals surface area contributed by atoms with Crippen molar-refractivity contribution in [3.63, 3.8) is 0 Å². The van der Waals surface area contributed by atoms with Gasteiger partial charge in [-0.1, -0.05) is 36.4 Å². The van der Waals surface area contributed by atoms with E-state index in [1.165, 1.54) is 5.56 Å². The van der Waals surface area contributed by atoms with Crippen molar-refractivity contribution in [1.82, 2.24) is 19.9 Å². The molecule has 0 saturated carbocycles. The predicted octanol–water partition coefficient (Wildman–Crippen LogP) is 4.21. The van der Waals surface area contributed by atoms with Crippen molar-refractivity contribution in [2.45, 2.75) is 6.54 Å². The van der Waals surface area contributed by atoms with E-state index >= 15 is 0 Å². The summed E-state index contributed by atoms with van der Waals surface area (Å²) in [6.45, 7) is 0.690. The first-order valence-corrected chi connectivity index (χ1v) is 8.37. The third-order valence-corrected chi connectivity index (χ3v) is 3.91. The molecule has 0 aliphatic heterocycles. The number of nitrogens with one attached hydrogen (secondary N) is 1. The zero-order valence-corrected chi connectivity index (χ0v) is 14.1. The Morgan fingerprint density at radius 3 is 2.31 bits per heavy atom. The zero-order chi connectivity index (χ0) is 17.6. The van der Waals surface area contributed by atoms with Crippen LogP contribution in [0.3, 0.4) is 0 Å². The van der Waals surface area contributed by atoms with Crippen LogP contribution in [0, 0.1) is 0 Å². The maximum Gasteiger partial charge on any atom is 0.180 e. The Kier molecular flexibility index (Phi) is 4.60. The Hall–Kier alpha value is -3.60. The van der Waals surface area contributed by atoms with Gasteiger partial charge in [0.15, 0.2) is 5.82 Å². The highest BCUT2D eigenvalue weighted by atomic mass is 15.0. The van der Waals surface area contributed by atoms with Crippen LogP contribution in [0.15, 0.2) is 85.3 Å². The highest BCUT2D eigenvalue weighted by Crippen LogP contribution is 2.23. The summed E-state index contributed by atoms with van der Waals surface area (Å²) in [6, 6.07) is 21.8. The van der Waals surface area contributed by atoms with E-state index in [4.69, 9.17) is 0 Å². The molecule has 4 aromatic rings. The normalized spacial score (nSPS) is 10.5. The van der Waals surface area contributed by atoms with Crippen molar-refractivity contribution in [1.29, 1.82) is 0 Å². The Bertz CT molecular complexity index is 915. The number of aromatic nitrogens is 4. The monoisotopic (exact) mass is 339 g/mol. The van der Waals surface area contributed by atoms with E-state index in [0.29, 0.717) is 12.4 Å². The summed E-state index contributed by atoms with van der Waals surface area (Å²) in [5.74, 6) is 1.35. The second kappa shape index (κ2) is 7.53. The fourth-order valence-corrected chi connectivity index (χ4v) is 2.61. The van der Waals surface area contributed by atoms with Gasteiger partial charge in [0.1, 0.15) is 11.5 Å². The fraction of sp³-hybridized carbons (Fsp3) is 0.0476. The van der Waals surface area contributed by atoms with Crippen LogP contribution in [0.1, 0.15) is 5.56 Å². The van der Waals surface area contributed by atoms with Crippen LogP contribution in [0.5, 0.6) is 0 Å². The molecular weight excluding hydrogens is 322 g/mol. The molecule has 0 saturated heterocycles. The molecule has 5 nitrogen and oxygen atoms in total. The van der Waals surface area contributed by atoms with Crippen LogP contribution < -0.4 is 5.32 Å². The van der Waals surface area contributed by atoms with Crippen molar-refractivity contribution in [2.75, 3.05) is 5.32 Å². The molecular formula is C21H17N5. The second-order valence-corrected chi connectivity index (χ2v) is 5.75. The molecule has 1 N–H and O–H groups in total. The van der Waals surface area contributed by atoms with E-state index in [2.05, 4.69) is 37.4 Å². The van der Waals surface area contributed by atoms with Gasteiger partial charge in [0.2, 0.25) is 0 Å². The molecule has 26 heavy (non-hydrogen) atoms. The van der Waals surface area contributed by atoms with Crippen molar-refractivity contribution in [3.05, 3.63) is 90.9 Å². The minimum atomic E-state index is 0.593. The molecule has 4 rings (SSSR count). The molecule has 0 spiro atoms. The van der Waals surface area contributed by atoms with Gasteiger partial charge in [-0.05, 0) is 29.8 Å². The average Bonchev–Trinajstić information content (AvgIpc) is 2.74. The lowest BCUT2D eigenvalue weighted by Gasteiger charge is -2.10. The topological polar surface area (TPSA) is 63.6 Å². The minimum absolute atomic E-state index is 0.593. The summed E-state index contributed by atoms with van der Waals surface area (Å²) < 4.78 is 0. The van der Waals surface area contributed by atoms with Crippen molar-refractivity contribution < 1.29 is 0 Å². The van der Waals surface area contributed by atoms with Gasteiger partial charge in [-0.2, -0.15) is 0 Å². The van der Waals surface area contributed by atoms with Crippen molar-refractivity contribution in [2.24, 2.45) is 0 Å². The number of hydrogen-bond donors (Lipinski definition) is 1. The summed E-state index contributed by atoms with van der Waals surface area (Å²) >= 11 is 0. The molecule has 1 aromatic carbocycles. The van der Waals surface area contributed by atoms with Crippen molar-refractivity contribution >= 4 is 5.82 Å². The van der Waals surface area contributed by atoms with Gasteiger partial charge in [-0.15, -0.1) is 0 Å². The Labute approximate surface area is 151 Å². The molecule has 0 aliphatic carbocycles.